The van der Waals surface area contributed by atoms with Gasteiger partial charge in [0.15, 0.2) is 0 Å². The molecule has 0 bridgehead atoms. The predicted octanol–water partition coefficient (Wildman–Crippen LogP) is 3.09. The average molecular weight is 257 g/mol. The fraction of sp³-hybridized carbons (Fsp3) is 0.438. The molecule has 2 N–H and O–H groups in total. The molecular formula is C16H23N3. The van der Waals surface area contributed by atoms with Gasteiger partial charge in [-0.15, -0.1) is 0 Å². The summed E-state index contributed by atoms with van der Waals surface area (Å²) < 4.78 is 2.09. The quantitative estimate of drug-likeness (QED) is 0.898. The van der Waals surface area contributed by atoms with Gasteiger partial charge in [-0.05, 0) is 56.9 Å². The van der Waals surface area contributed by atoms with Gasteiger partial charge < -0.3 is 10.3 Å². The van der Waals surface area contributed by atoms with Crippen molar-refractivity contribution < 1.29 is 0 Å². The largest absolute Gasteiger partial charge is 0.334 e. The lowest BCUT2D eigenvalue weighted by Gasteiger charge is -2.15. The molecule has 2 rings (SSSR count). The molecule has 3 nitrogen and oxygen atoms in total. The molecule has 19 heavy (non-hydrogen) atoms. The zero-order chi connectivity index (χ0) is 14.3. The Balaban J connectivity index is 2.83. The number of nitrogens with zero attached hydrogens (tertiary/aromatic N) is 2. The van der Waals surface area contributed by atoms with Crippen molar-refractivity contribution in [1.82, 2.24) is 9.55 Å². The number of benzene rings is 1. The highest BCUT2D eigenvalue weighted by molar-refractivity contribution is 5.72. The van der Waals surface area contributed by atoms with E-state index in [1.54, 1.807) is 0 Å². The fourth-order valence-corrected chi connectivity index (χ4v) is 2.66. The lowest BCUT2D eigenvalue weighted by molar-refractivity contribution is 0.789. The van der Waals surface area contributed by atoms with Gasteiger partial charge in [-0.1, -0.05) is 6.07 Å². The Labute approximate surface area is 115 Å². The van der Waals surface area contributed by atoms with Crippen LogP contribution in [-0.2, 0) is 13.6 Å². The Bertz CT molecular complexity index is 610. The Morgan fingerprint density at radius 3 is 2.05 bits per heavy atom. The summed E-state index contributed by atoms with van der Waals surface area (Å²) in [5, 5.41) is 0. The zero-order valence-electron chi connectivity index (χ0n) is 12.8. The number of rotatable bonds is 2. The second kappa shape index (κ2) is 4.82. The van der Waals surface area contributed by atoms with Crippen molar-refractivity contribution in [3.05, 3.63) is 39.8 Å². The molecule has 0 spiro atoms. The SMILES string of the molecule is Cc1cc(C)c(C)c(-c2nc(C)n(C)c2CN)c1C. The number of aromatic nitrogens is 2. The molecular weight excluding hydrogens is 234 g/mol. The highest BCUT2D eigenvalue weighted by atomic mass is 15.1. The molecule has 1 aromatic heterocycles. The Kier molecular flexibility index (Phi) is 3.50. The van der Waals surface area contributed by atoms with Crippen LogP contribution in [0.25, 0.3) is 11.3 Å². The first kappa shape index (κ1) is 13.8. The smallest absolute Gasteiger partial charge is 0.106 e. The first-order chi connectivity index (χ1) is 8.88. The third-order valence-corrected chi connectivity index (χ3v) is 4.23. The molecule has 102 valence electrons. The van der Waals surface area contributed by atoms with Gasteiger partial charge in [-0.25, -0.2) is 4.98 Å². The minimum Gasteiger partial charge on any atom is -0.334 e. The van der Waals surface area contributed by atoms with Crippen LogP contribution in [0, 0.1) is 34.6 Å². The molecule has 0 aliphatic carbocycles. The molecule has 0 unspecified atom stereocenters. The molecule has 0 atom stereocenters. The third-order valence-electron chi connectivity index (χ3n) is 4.23. The van der Waals surface area contributed by atoms with E-state index < -0.39 is 0 Å². The Hall–Kier alpha value is -1.61. The van der Waals surface area contributed by atoms with Crippen molar-refractivity contribution in [2.24, 2.45) is 12.8 Å². The third kappa shape index (κ3) is 2.08. The summed E-state index contributed by atoms with van der Waals surface area (Å²) in [4.78, 5) is 4.74. The molecule has 3 heteroatoms. The Morgan fingerprint density at radius 2 is 1.58 bits per heavy atom. The topological polar surface area (TPSA) is 43.8 Å². The van der Waals surface area contributed by atoms with Gasteiger partial charge in [0.1, 0.15) is 5.82 Å². The summed E-state index contributed by atoms with van der Waals surface area (Å²) in [5.74, 6) is 1.01. The molecule has 0 radical (unpaired) electrons. The second-order valence-electron chi connectivity index (χ2n) is 5.35. The van der Waals surface area contributed by atoms with Crippen molar-refractivity contribution in [1.29, 1.82) is 0 Å². The minimum atomic E-state index is 0.512. The van der Waals surface area contributed by atoms with Gasteiger partial charge in [0.05, 0.1) is 11.4 Å². The summed E-state index contributed by atoms with van der Waals surface area (Å²) in [6.45, 7) is 11.2. The monoisotopic (exact) mass is 257 g/mol. The molecule has 0 aliphatic heterocycles. The lowest BCUT2D eigenvalue weighted by Crippen LogP contribution is -2.06. The summed E-state index contributed by atoms with van der Waals surface area (Å²) >= 11 is 0. The van der Waals surface area contributed by atoms with E-state index in [1.165, 1.54) is 27.8 Å². The predicted molar refractivity (Wildman–Crippen MR) is 80.2 cm³/mol. The first-order valence-corrected chi connectivity index (χ1v) is 6.68. The van der Waals surface area contributed by atoms with Crippen LogP contribution >= 0.6 is 0 Å². The maximum atomic E-state index is 5.92. The van der Waals surface area contributed by atoms with Gasteiger partial charge >= 0.3 is 0 Å². The number of nitrogens with two attached hydrogens (primary N) is 1. The van der Waals surface area contributed by atoms with Crippen molar-refractivity contribution in [3.63, 3.8) is 0 Å². The maximum absolute atomic E-state index is 5.92. The van der Waals surface area contributed by atoms with Crippen LogP contribution in [-0.4, -0.2) is 9.55 Å². The lowest BCUT2D eigenvalue weighted by atomic mass is 9.91. The van der Waals surface area contributed by atoms with Crippen molar-refractivity contribution in [3.8, 4) is 11.3 Å². The van der Waals surface area contributed by atoms with Crippen LogP contribution in [0.15, 0.2) is 6.07 Å². The first-order valence-electron chi connectivity index (χ1n) is 6.68. The Morgan fingerprint density at radius 1 is 1.05 bits per heavy atom. The zero-order valence-corrected chi connectivity index (χ0v) is 12.8. The molecule has 0 fully saturated rings. The van der Waals surface area contributed by atoms with E-state index in [-0.39, 0.29) is 0 Å². The molecule has 1 aromatic carbocycles. The summed E-state index contributed by atoms with van der Waals surface area (Å²) in [6.07, 6.45) is 0. The van der Waals surface area contributed by atoms with Crippen LogP contribution in [0.5, 0.6) is 0 Å². The normalized spacial score (nSPS) is 11.1. The van der Waals surface area contributed by atoms with E-state index in [1.807, 2.05) is 14.0 Å². The van der Waals surface area contributed by atoms with E-state index in [2.05, 4.69) is 38.3 Å². The van der Waals surface area contributed by atoms with Crippen molar-refractivity contribution in [2.45, 2.75) is 41.2 Å². The molecule has 0 amide bonds. The van der Waals surface area contributed by atoms with E-state index in [0.29, 0.717) is 6.54 Å². The van der Waals surface area contributed by atoms with Crippen LogP contribution in [0.3, 0.4) is 0 Å². The van der Waals surface area contributed by atoms with E-state index >= 15 is 0 Å². The van der Waals surface area contributed by atoms with Gasteiger partial charge in [-0.3, -0.25) is 0 Å². The van der Waals surface area contributed by atoms with Crippen LogP contribution in [0.1, 0.15) is 33.8 Å². The fourth-order valence-electron chi connectivity index (χ4n) is 2.66. The van der Waals surface area contributed by atoms with Gasteiger partial charge in [0.25, 0.3) is 0 Å². The summed E-state index contributed by atoms with van der Waals surface area (Å²) in [7, 11) is 2.03. The van der Waals surface area contributed by atoms with E-state index in [0.717, 1.165) is 17.2 Å². The maximum Gasteiger partial charge on any atom is 0.106 e. The second-order valence-corrected chi connectivity index (χ2v) is 5.35. The van der Waals surface area contributed by atoms with E-state index in [4.69, 9.17) is 10.7 Å². The molecule has 0 saturated heterocycles. The van der Waals surface area contributed by atoms with Gasteiger partial charge in [0, 0.05) is 19.2 Å². The van der Waals surface area contributed by atoms with Crippen LogP contribution in [0.2, 0.25) is 0 Å². The number of imidazole rings is 1. The van der Waals surface area contributed by atoms with E-state index in [9.17, 15) is 0 Å². The standard InChI is InChI=1S/C16H23N3/c1-9-7-10(2)12(4)15(11(9)3)16-14(8-17)19(6)13(5)18-16/h7H,8,17H2,1-6H3. The minimum absolute atomic E-state index is 0.512. The molecule has 0 aliphatic rings. The number of hydrogen-bond donors (Lipinski definition) is 1. The van der Waals surface area contributed by atoms with Gasteiger partial charge in [-0.2, -0.15) is 0 Å². The average Bonchev–Trinajstić information content (AvgIpc) is 2.63. The van der Waals surface area contributed by atoms with Crippen molar-refractivity contribution in [2.75, 3.05) is 0 Å². The highest BCUT2D eigenvalue weighted by Crippen LogP contribution is 2.33. The van der Waals surface area contributed by atoms with Crippen LogP contribution < -0.4 is 5.73 Å². The molecule has 1 heterocycles. The summed E-state index contributed by atoms with van der Waals surface area (Å²) in [6, 6.07) is 2.24. The van der Waals surface area contributed by atoms with Crippen LogP contribution in [0.4, 0.5) is 0 Å². The number of aryl methyl sites for hydroxylation is 3. The number of hydrogen-bond acceptors (Lipinski definition) is 2. The van der Waals surface area contributed by atoms with Gasteiger partial charge in [0.2, 0.25) is 0 Å². The van der Waals surface area contributed by atoms with Crippen molar-refractivity contribution >= 4 is 0 Å². The molecule has 2 aromatic rings. The molecule has 0 saturated carbocycles. The highest BCUT2D eigenvalue weighted by Gasteiger charge is 2.18. The summed E-state index contributed by atoms with van der Waals surface area (Å²) in [5.41, 5.74) is 14.5.